The summed E-state index contributed by atoms with van der Waals surface area (Å²) in [6, 6.07) is 12.9. The first-order chi connectivity index (χ1) is 14.5. The SMILES string of the molecule is CCc1ncccc1-c1nc(C2(C)CC(C)(C)CC(C)(C)C2)cn1-c1ccc(C)cc1. The summed E-state index contributed by atoms with van der Waals surface area (Å²) in [5, 5.41) is 0. The van der Waals surface area contributed by atoms with E-state index in [1.165, 1.54) is 17.7 Å². The number of hydrogen-bond acceptors (Lipinski definition) is 2. The Morgan fingerprint density at radius 3 is 2.16 bits per heavy atom. The normalized spacial score (nSPS) is 19.3. The molecule has 1 saturated carbocycles. The van der Waals surface area contributed by atoms with Gasteiger partial charge in [-0.25, -0.2) is 4.98 Å². The average Bonchev–Trinajstić information content (AvgIpc) is 3.12. The van der Waals surface area contributed by atoms with Crippen LogP contribution in [0.25, 0.3) is 17.1 Å². The smallest absolute Gasteiger partial charge is 0.146 e. The maximum atomic E-state index is 5.34. The zero-order valence-electron chi connectivity index (χ0n) is 20.3. The van der Waals surface area contributed by atoms with Gasteiger partial charge in [0.25, 0.3) is 0 Å². The van der Waals surface area contributed by atoms with E-state index in [1.807, 2.05) is 12.3 Å². The molecule has 0 atom stereocenters. The number of pyridine rings is 1. The molecule has 0 aliphatic heterocycles. The van der Waals surface area contributed by atoms with Crippen molar-refractivity contribution < 1.29 is 0 Å². The molecule has 0 radical (unpaired) electrons. The minimum atomic E-state index is 0.0462. The van der Waals surface area contributed by atoms with E-state index in [2.05, 4.69) is 94.5 Å². The number of aryl methyl sites for hydroxylation is 2. The predicted octanol–water partition coefficient (Wildman–Crippen LogP) is 7.30. The highest BCUT2D eigenvalue weighted by atomic mass is 15.1. The van der Waals surface area contributed by atoms with Gasteiger partial charge in [-0.3, -0.25) is 9.55 Å². The van der Waals surface area contributed by atoms with Gasteiger partial charge in [-0.2, -0.15) is 0 Å². The van der Waals surface area contributed by atoms with Crippen molar-refractivity contribution in [2.45, 2.75) is 79.6 Å². The second-order valence-electron chi connectivity index (χ2n) is 11.4. The monoisotopic (exact) mass is 415 g/mol. The highest BCUT2D eigenvalue weighted by Crippen LogP contribution is 2.54. The van der Waals surface area contributed by atoms with Gasteiger partial charge in [0.15, 0.2) is 0 Å². The first-order valence-electron chi connectivity index (χ1n) is 11.6. The minimum absolute atomic E-state index is 0.0462. The summed E-state index contributed by atoms with van der Waals surface area (Å²) in [5.74, 6) is 1.01. The lowest BCUT2D eigenvalue weighted by atomic mass is 9.55. The summed E-state index contributed by atoms with van der Waals surface area (Å²) in [7, 11) is 0. The summed E-state index contributed by atoms with van der Waals surface area (Å²) in [4.78, 5) is 9.99. The molecule has 164 valence electrons. The van der Waals surface area contributed by atoms with Gasteiger partial charge < -0.3 is 0 Å². The fourth-order valence-corrected chi connectivity index (χ4v) is 6.46. The van der Waals surface area contributed by atoms with Gasteiger partial charge in [0.1, 0.15) is 5.82 Å². The Kier molecular flexibility index (Phi) is 5.36. The largest absolute Gasteiger partial charge is 0.299 e. The Labute approximate surface area is 188 Å². The van der Waals surface area contributed by atoms with Crippen LogP contribution in [-0.2, 0) is 11.8 Å². The van der Waals surface area contributed by atoms with E-state index >= 15 is 0 Å². The highest BCUT2D eigenvalue weighted by Gasteiger charge is 2.47. The second kappa shape index (κ2) is 7.62. The molecule has 31 heavy (non-hydrogen) atoms. The van der Waals surface area contributed by atoms with Crippen LogP contribution in [0.2, 0.25) is 0 Å². The lowest BCUT2D eigenvalue weighted by Gasteiger charge is -2.50. The van der Waals surface area contributed by atoms with Gasteiger partial charge in [-0.1, -0.05) is 59.2 Å². The molecule has 1 aliphatic rings. The van der Waals surface area contributed by atoms with E-state index < -0.39 is 0 Å². The fourth-order valence-electron chi connectivity index (χ4n) is 6.46. The van der Waals surface area contributed by atoms with Crippen molar-refractivity contribution >= 4 is 0 Å². The maximum absolute atomic E-state index is 5.34. The zero-order chi connectivity index (χ0) is 22.4. The van der Waals surface area contributed by atoms with Crippen LogP contribution in [-0.4, -0.2) is 14.5 Å². The number of rotatable bonds is 4. The molecule has 4 rings (SSSR count). The lowest BCUT2D eigenvalue weighted by Crippen LogP contribution is -2.42. The Hall–Kier alpha value is -2.42. The molecular formula is C28H37N3. The molecule has 1 aromatic carbocycles. The van der Waals surface area contributed by atoms with Crippen molar-refractivity contribution in [3.05, 3.63) is 65.7 Å². The van der Waals surface area contributed by atoms with E-state index in [-0.39, 0.29) is 5.41 Å². The first-order valence-corrected chi connectivity index (χ1v) is 11.6. The molecule has 0 spiro atoms. The number of imidazole rings is 1. The molecule has 3 aromatic rings. The van der Waals surface area contributed by atoms with Crippen molar-refractivity contribution in [3.8, 4) is 17.1 Å². The molecule has 0 saturated heterocycles. The number of nitrogens with zero attached hydrogens (tertiary/aromatic N) is 3. The van der Waals surface area contributed by atoms with Gasteiger partial charge in [0.2, 0.25) is 0 Å². The molecule has 2 aromatic heterocycles. The quantitative estimate of drug-likeness (QED) is 0.447. The molecule has 3 nitrogen and oxygen atoms in total. The predicted molar refractivity (Wildman–Crippen MR) is 130 cm³/mol. The number of hydrogen-bond donors (Lipinski definition) is 0. The van der Waals surface area contributed by atoms with E-state index in [4.69, 9.17) is 4.98 Å². The van der Waals surface area contributed by atoms with E-state index in [0.717, 1.165) is 42.0 Å². The minimum Gasteiger partial charge on any atom is -0.299 e. The second-order valence-corrected chi connectivity index (χ2v) is 11.4. The Morgan fingerprint density at radius 1 is 0.903 bits per heavy atom. The van der Waals surface area contributed by atoms with Crippen LogP contribution in [0.5, 0.6) is 0 Å². The summed E-state index contributed by atoms with van der Waals surface area (Å²) >= 11 is 0. The van der Waals surface area contributed by atoms with E-state index in [9.17, 15) is 0 Å². The van der Waals surface area contributed by atoms with Crippen molar-refractivity contribution in [2.24, 2.45) is 10.8 Å². The Morgan fingerprint density at radius 2 is 1.55 bits per heavy atom. The summed E-state index contributed by atoms with van der Waals surface area (Å²) in [5.41, 5.74) is 6.50. The maximum Gasteiger partial charge on any atom is 0.146 e. The van der Waals surface area contributed by atoms with Crippen LogP contribution in [0, 0.1) is 17.8 Å². The van der Waals surface area contributed by atoms with Gasteiger partial charge in [-0.15, -0.1) is 0 Å². The summed E-state index contributed by atoms with van der Waals surface area (Å²) < 4.78 is 2.28. The molecular weight excluding hydrogens is 378 g/mol. The Bertz CT molecular complexity index is 1050. The van der Waals surface area contributed by atoms with Gasteiger partial charge in [0, 0.05) is 29.1 Å². The van der Waals surface area contributed by atoms with Crippen LogP contribution in [0.3, 0.4) is 0 Å². The molecule has 3 heteroatoms. The van der Waals surface area contributed by atoms with Crippen LogP contribution >= 0.6 is 0 Å². The summed E-state index contributed by atoms with van der Waals surface area (Å²) in [6.07, 6.45) is 8.63. The van der Waals surface area contributed by atoms with Gasteiger partial charge in [0.05, 0.1) is 11.4 Å². The standard InChI is InChI=1S/C28H37N3/c1-8-23-22(10-9-15-29-23)25-30-24(16-31(25)21-13-11-20(2)12-14-21)28(7)18-26(3,4)17-27(5,6)19-28/h9-16H,8,17-19H2,1-7H3. The molecule has 0 bridgehead atoms. The third-order valence-corrected chi connectivity index (χ3v) is 6.80. The van der Waals surface area contributed by atoms with E-state index in [0.29, 0.717) is 10.8 Å². The van der Waals surface area contributed by atoms with Crippen LogP contribution in [0.1, 0.15) is 77.8 Å². The topological polar surface area (TPSA) is 30.7 Å². The summed E-state index contributed by atoms with van der Waals surface area (Å²) in [6.45, 7) is 16.4. The molecule has 1 fully saturated rings. The molecule has 0 amide bonds. The van der Waals surface area contributed by atoms with Crippen molar-refractivity contribution in [3.63, 3.8) is 0 Å². The fraction of sp³-hybridized carbons (Fsp3) is 0.500. The van der Waals surface area contributed by atoms with E-state index in [1.54, 1.807) is 0 Å². The molecule has 1 aliphatic carbocycles. The number of aromatic nitrogens is 3. The third-order valence-electron chi connectivity index (χ3n) is 6.80. The lowest BCUT2D eigenvalue weighted by molar-refractivity contribution is 0.0512. The average molecular weight is 416 g/mol. The van der Waals surface area contributed by atoms with Crippen LogP contribution in [0.15, 0.2) is 48.8 Å². The number of benzene rings is 1. The van der Waals surface area contributed by atoms with Crippen LogP contribution in [0.4, 0.5) is 0 Å². The highest BCUT2D eigenvalue weighted by molar-refractivity contribution is 5.62. The Balaban J connectivity index is 1.90. The van der Waals surface area contributed by atoms with Crippen LogP contribution < -0.4 is 0 Å². The van der Waals surface area contributed by atoms with Crippen molar-refractivity contribution in [2.75, 3.05) is 0 Å². The van der Waals surface area contributed by atoms with Gasteiger partial charge >= 0.3 is 0 Å². The third kappa shape index (κ3) is 4.33. The van der Waals surface area contributed by atoms with Crippen molar-refractivity contribution in [1.29, 1.82) is 0 Å². The van der Waals surface area contributed by atoms with Crippen molar-refractivity contribution in [1.82, 2.24) is 14.5 Å². The first kappa shape index (κ1) is 21.8. The molecule has 0 unspecified atom stereocenters. The van der Waals surface area contributed by atoms with Gasteiger partial charge in [-0.05, 0) is 67.7 Å². The molecule has 0 N–H and O–H groups in total. The zero-order valence-corrected chi connectivity index (χ0v) is 20.3. The molecule has 2 heterocycles.